The number of carbonyl (C=O) groups is 1. The van der Waals surface area contributed by atoms with E-state index in [0.29, 0.717) is 6.42 Å². The third-order valence-corrected chi connectivity index (χ3v) is 2.80. The molecule has 0 radical (unpaired) electrons. The van der Waals surface area contributed by atoms with E-state index in [9.17, 15) is 4.79 Å². The molecule has 0 aromatic heterocycles. The number of benzene rings is 1. The lowest BCUT2D eigenvalue weighted by Crippen LogP contribution is -2.23. The van der Waals surface area contributed by atoms with Gasteiger partial charge < -0.3 is 5.73 Å². The predicted octanol–water partition coefficient (Wildman–Crippen LogP) is 3.00. The van der Waals surface area contributed by atoms with Gasteiger partial charge in [0.2, 0.25) is 0 Å². The summed E-state index contributed by atoms with van der Waals surface area (Å²) in [5, 5.41) is 0. The molecular weight excluding hydrogens is 198 g/mol. The Hall–Kier alpha value is -1.15. The van der Waals surface area contributed by atoms with E-state index >= 15 is 0 Å². The summed E-state index contributed by atoms with van der Waals surface area (Å²) >= 11 is 0. The first-order valence-corrected chi connectivity index (χ1v) is 5.90. The second-order valence-electron chi connectivity index (χ2n) is 4.49. The summed E-state index contributed by atoms with van der Waals surface area (Å²) in [5.74, 6) is 0.169. The van der Waals surface area contributed by atoms with Gasteiger partial charge >= 0.3 is 0 Å². The smallest absolute Gasteiger partial charge is 0.164 e. The lowest BCUT2D eigenvalue weighted by Gasteiger charge is -2.11. The maximum Gasteiger partial charge on any atom is 0.164 e. The molecule has 2 heteroatoms. The zero-order valence-electron chi connectivity index (χ0n) is 10.4. The van der Waals surface area contributed by atoms with Crippen LogP contribution in [-0.2, 0) is 0 Å². The number of hydrogen-bond acceptors (Lipinski definition) is 2. The van der Waals surface area contributed by atoms with E-state index in [2.05, 4.69) is 6.92 Å². The van der Waals surface area contributed by atoms with E-state index in [4.69, 9.17) is 5.73 Å². The van der Waals surface area contributed by atoms with Gasteiger partial charge in [-0.05, 0) is 31.9 Å². The van der Waals surface area contributed by atoms with Gasteiger partial charge in [-0.3, -0.25) is 4.79 Å². The van der Waals surface area contributed by atoms with Crippen molar-refractivity contribution in [1.29, 1.82) is 0 Å². The Morgan fingerprint density at radius 1 is 1.38 bits per heavy atom. The quantitative estimate of drug-likeness (QED) is 0.774. The molecule has 1 rings (SSSR count). The molecule has 1 atom stereocenters. The van der Waals surface area contributed by atoms with Crippen molar-refractivity contribution in [3.63, 3.8) is 0 Å². The highest BCUT2D eigenvalue weighted by molar-refractivity contribution is 5.97. The highest BCUT2D eigenvalue weighted by Gasteiger charge is 2.13. The molecule has 1 unspecified atom stereocenters. The molecule has 0 aliphatic carbocycles. The minimum atomic E-state index is -0.00240. The molecule has 0 fully saturated rings. The Labute approximate surface area is 97.9 Å². The van der Waals surface area contributed by atoms with Crippen LogP contribution in [0.2, 0.25) is 0 Å². The second kappa shape index (κ2) is 5.80. The van der Waals surface area contributed by atoms with Gasteiger partial charge in [0.25, 0.3) is 0 Å². The monoisotopic (exact) mass is 219 g/mol. The molecule has 0 heterocycles. The summed E-state index contributed by atoms with van der Waals surface area (Å²) in [6.45, 7) is 6.06. The number of nitrogens with two attached hydrogens (primary N) is 1. The SMILES string of the molecule is CCCC(N)CC(=O)c1cc(C)ccc1C. The lowest BCUT2D eigenvalue weighted by atomic mass is 9.96. The van der Waals surface area contributed by atoms with Crippen molar-refractivity contribution in [2.24, 2.45) is 5.73 Å². The summed E-state index contributed by atoms with van der Waals surface area (Å²) < 4.78 is 0. The standard InChI is InChI=1S/C14H21NO/c1-4-5-12(15)9-14(16)13-8-10(2)6-7-11(13)3/h6-8,12H,4-5,9,15H2,1-3H3. The fourth-order valence-electron chi connectivity index (χ4n) is 1.86. The van der Waals surface area contributed by atoms with Crippen LogP contribution in [0.5, 0.6) is 0 Å². The molecule has 16 heavy (non-hydrogen) atoms. The van der Waals surface area contributed by atoms with Crippen LogP contribution in [0.15, 0.2) is 18.2 Å². The maximum atomic E-state index is 12.0. The molecule has 1 aromatic carbocycles. The molecule has 2 N–H and O–H groups in total. The minimum absolute atomic E-state index is 0.00240. The van der Waals surface area contributed by atoms with Crippen molar-refractivity contribution in [3.05, 3.63) is 34.9 Å². The fourth-order valence-corrected chi connectivity index (χ4v) is 1.86. The van der Waals surface area contributed by atoms with Crippen LogP contribution < -0.4 is 5.73 Å². The number of carbonyl (C=O) groups excluding carboxylic acids is 1. The van der Waals surface area contributed by atoms with Gasteiger partial charge in [-0.1, -0.05) is 31.0 Å². The average Bonchev–Trinajstić information content (AvgIpc) is 2.21. The first kappa shape index (κ1) is 12.9. The number of Topliss-reactive ketones (excluding diaryl/α,β-unsaturated/α-hetero) is 1. The van der Waals surface area contributed by atoms with Crippen molar-refractivity contribution in [2.75, 3.05) is 0 Å². The number of hydrogen-bond donors (Lipinski definition) is 1. The van der Waals surface area contributed by atoms with E-state index in [-0.39, 0.29) is 11.8 Å². The molecule has 2 nitrogen and oxygen atoms in total. The van der Waals surface area contributed by atoms with Crippen molar-refractivity contribution in [1.82, 2.24) is 0 Å². The summed E-state index contributed by atoms with van der Waals surface area (Å²) in [4.78, 5) is 12.0. The third-order valence-electron chi connectivity index (χ3n) is 2.80. The fraction of sp³-hybridized carbons (Fsp3) is 0.500. The van der Waals surface area contributed by atoms with Crippen LogP contribution >= 0.6 is 0 Å². The third kappa shape index (κ3) is 3.46. The zero-order chi connectivity index (χ0) is 12.1. The highest BCUT2D eigenvalue weighted by atomic mass is 16.1. The highest BCUT2D eigenvalue weighted by Crippen LogP contribution is 2.14. The van der Waals surface area contributed by atoms with Gasteiger partial charge in [-0.25, -0.2) is 0 Å². The van der Waals surface area contributed by atoms with Crippen LogP contribution in [0, 0.1) is 13.8 Å². The summed E-state index contributed by atoms with van der Waals surface area (Å²) in [5.41, 5.74) is 8.88. The van der Waals surface area contributed by atoms with Gasteiger partial charge in [0.05, 0.1) is 0 Å². The molecule has 0 bridgehead atoms. The van der Waals surface area contributed by atoms with E-state index in [1.807, 2.05) is 32.0 Å². The molecule has 1 aromatic rings. The van der Waals surface area contributed by atoms with Crippen LogP contribution in [0.25, 0.3) is 0 Å². The van der Waals surface area contributed by atoms with Crippen molar-refractivity contribution >= 4 is 5.78 Å². The second-order valence-corrected chi connectivity index (χ2v) is 4.49. The van der Waals surface area contributed by atoms with E-state index in [1.54, 1.807) is 0 Å². The van der Waals surface area contributed by atoms with Gasteiger partial charge in [-0.2, -0.15) is 0 Å². The van der Waals surface area contributed by atoms with Crippen molar-refractivity contribution < 1.29 is 4.79 Å². The Morgan fingerprint density at radius 2 is 2.06 bits per heavy atom. The van der Waals surface area contributed by atoms with Gasteiger partial charge in [0.1, 0.15) is 0 Å². The topological polar surface area (TPSA) is 43.1 Å². The first-order valence-electron chi connectivity index (χ1n) is 5.90. The Morgan fingerprint density at radius 3 is 2.69 bits per heavy atom. The molecule has 0 amide bonds. The molecule has 0 spiro atoms. The molecular formula is C14H21NO. The molecule has 0 saturated carbocycles. The molecule has 0 aliphatic heterocycles. The van der Waals surface area contributed by atoms with Crippen LogP contribution in [0.1, 0.15) is 47.7 Å². The molecule has 0 saturated heterocycles. The van der Waals surface area contributed by atoms with Crippen LogP contribution in [0.3, 0.4) is 0 Å². The molecule has 88 valence electrons. The van der Waals surface area contributed by atoms with E-state index < -0.39 is 0 Å². The summed E-state index contributed by atoms with van der Waals surface area (Å²) in [6, 6.07) is 5.97. The minimum Gasteiger partial charge on any atom is -0.327 e. The maximum absolute atomic E-state index is 12.0. The van der Waals surface area contributed by atoms with Crippen LogP contribution in [0.4, 0.5) is 0 Å². The van der Waals surface area contributed by atoms with Gasteiger partial charge in [0, 0.05) is 18.0 Å². The summed E-state index contributed by atoms with van der Waals surface area (Å²) in [7, 11) is 0. The Balaban J connectivity index is 2.76. The number of ketones is 1. The van der Waals surface area contributed by atoms with Gasteiger partial charge in [-0.15, -0.1) is 0 Å². The average molecular weight is 219 g/mol. The number of aryl methyl sites for hydroxylation is 2. The molecule has 0 aliphatic rings. The van der Waals surface area contributed by atoms with Gasteiger partial charge in [0.15, 0.2) is 5.78 Å². The first-order chi connectivity index (χ1) is 7.54. The van der Waals surface area contributed by atoms with E-state index in [0.717, 1.165) is 29.5 Å². The normalized spacial score (nSPS) is 12.5. The van der Waals surface area contributed by atoms with Crippen molar-refractivity contribution in [3.8, 4) is 0 Å². The predicted molar refractivity (Wildman–Crippen MR) is 67.7 cm³/mol. The summed E-state index contributed by atoms with van der Waals surface area (Å²) in [6.07, 6.45) is 2.40. The van der Waals surface area contributed by atoms with E-state index in [1.165, 1.54) is 0 Å². The lowest BCUT2D eigenvalue weighted by molar-refractivity contribution is 0.0972. The Kier molecular flexibility index (Phi) is 4.69. The zero-order valence-corrected chi connectivity index (χ0v) is 10.4. The van der Waals surface area contributed by atoms with Crippen molar-refractivity contribution in [2.45, 2.75) is 46.1 Å². The Bertz CT molecular complexity index is 371. The largest absolute Gasteiger partial charge is 0.327 e. The van der Waals surface area contributed by atoms with Crippen LogP contribution in [-0.4, -0.2) is 11.8 Å². The number of rotatable bonds is 5.